The molecule has 0 bridgehead atoms. The fraction of sp³-hybridized carbons (Fsp3) is 0.250. The molecule has 100 valence electrons. The van der Waals surface area contributed by atoms with Gasteiger partial charge in [0, 0.05) is 11.8 Å². The molecule has 0 atom stereocenters. The molecule has 0 aliphatic carbocycles. The van der Waals surface area contributed by atoms with Crippen molar-refractivity contribution >= 4 is 17.6 Å². The Morgan fingerprint density at radius 3 is 2.84 bits per heavy atom. The molecule has 1 amide bonds. The highest BCUT2D eigenvalue weighted by molar-refractivity contribution is 5.94. The normalized spacial score (nSPS) is 9.26. The van der Waals surface area contributed by atoms with Gasteiger partial charge in [0.2, 0.25) is 0 Å². The summed E-state index contributed by atoms with van der Waals surface area (Å²) in [6.45, 7) is -0.602. The molecule has 0 saturated heterocycles. The monoisotopic (exact) mass is 263 g/mol. The number of nitrogens with two attached hydrogens (primary N) is 1. The van der Waals surface area contributed by atoms with Crippen LogP contribution >= 0.6 is 0 Å². The Morgan fingerprint density at radius 1 is 1.47 bits per heavy atom. The minimum absolute atomic E-state index is 0.137. The van der Waals surface area contributed by atoms with Crippen molar-refractivity contribution in [2.24, 2.45) is 0 Å². The van der Waals surface area contributed by atoms with Crippen molar-refractivity contribution in [1.29, 1.82) is 5.26 Å². The first-order valence-corrected chi connectivity index (χ1v) is 5.32. The molecule has 0 fully saturated rings. The Morgan fingerprint density at radius 2 is 2.21 bits per heavy atom. The van der Waals surface area contributed by atoms with Crippen molar-refractivity contribution in [3.05, 3.63) is 23.8 Å². The van der Waals surface area contributed by atoms with Gasteiger partial charge in [-0.05, 0) is 12.1 Å². The van der Waals surface area contributed by atoms with Crippen molar-refractivity contribution in [3.8, 4) is 11.8 Å². The molecule has 1 aromatic carbocycles. The van der Waals surface area contributed by atoms with Crippen molar-refractivity contribution in [2.45, 2.75) is 0 Å². The van der Waals surface area contributed by atoms with Crippen molar-refractivity contribution in [1.82, 2.24) is 5.32 Å². The molecular weight excluding hydrogens is 250 g/mol. The van der Waals surface area contributed by atoms with Gasteiger partial charge in [0.05, 0.1) is 13.2 Å². The summed E-state index contributed by atoms with van der Waals surface area (Å²) in [5.74, 6) is -0.990. The number of methoxy groups -OCH3 is 1. The summed E-state index contributed by atoms with van der Waals surface area (Å²) in [6, 6.07) is 6.19. The zero-order valence-corrected chi connectivity index (χ0v) is 10.3. The average Bonchev–Trinajstić information content (AvgIpc) is 2.42. The molecule has 0 unspecified atom stereocenters. The lowest BCUT2D eigenvalue weighted by atomic mass is 10.2. The summed E-state index contributed by atoms with van der Waals surface area (Å²) < 4.78 is 9.78. The van der Waals surface area contributed by atoms with E-state index in [1.807, 2.05) is 0 Å². The Kier molecular flexibility index (Phi) is 5.17. The van der Waals surface area contributed by atoms with Crippen LogP contribution in [0.15, 0.2) is 18.2 Å². The maximum atomic E-state index is 11.7. The lowest BCUT2D eigenvalue weighted by molar-refractivity contribution is -0.123. The number of nitrogens with one attached hydrogen (secondary N) is 1. The lowest BCUT2D eigenvalue weighted by Gasteiger charge is -2.09. The second-order valence-electron chi connectivity index (χ2n) is 3.47. The number of carbonyl (C=O) groups is 2. The minimum atomic E-state index is -0.705. The predicted octanol–water partition coefficient (Wildman–Crippen LogP) is 0.0740. The van der Waals surface area contributed by atoms with E-state index in [0.29, 0.717) is 5.69 Å². The third-order valence-corrected chi connectivity index (χ3v) is 2.14. The number of hydrogen-bond donors (Lipinski definition) is 2. The maximum Gasteiger partial charge on any atom is 0.342 e. The van der Waals surface area contributed by atoms with Crippen LogP contribution in [0, 0.1) is 11.3 Å². The summed E-state index contributed by atoms with van der Waals surface area (Å²) in [5.41, 5.74) is 6.17. The average molecular weight is 263 g/mol. The van der Waals surface area contributed by atoms with E-state index in [2.05, 4.69) is 5.32 Å². The number of anilines is 1. The molecule has 0 aromatic heterocycles. The third-order valence-electron chi connectivity index (χ3n) is 2.14. The fourth-order valence-electron chi connectivity index (χ4n) is 1.27. The fourth-order valence-corrected chi connectivity index (χ4v) is 1.27. The quantitative estimate of drug-likeness (QED) is 0.441. The number of hydrogen-bond acceptors (Lipinski definition) is 6. The van der Waals surface area contributed by atoms with Gasteiger partial charge in [0.15, 0.2) is 6.61 Å². The number of nitrogens with zero attached hydrogens (tertiary/aromatic N) is 1. The van der Waals surface area contributed by atoms with Gasteiger partial charge in [-0.25, -0.2) is 4.79 Å². The number of nitrogen functional groups attached to an aromatic ring is 1. The van der Waals surface area contributed by atoms with Gasteiger partial charge in [-0.3, -0.25) is 4.79 Å². The Labute approximate surface area is 109 Å². The van der Waals surface area contributed by atoms with E-state index in [1.54, 1.807) is 6.07 Å². The van der Waals surface area contributed by atoms with E-state index in [0.717, 1.165) is 0 Å². The largest absolute Gasteiger partial charge is 0.496 e. The van der Waals surface area contributed by atoms with Gasteiger partial charge in [0.1, 0.15) is 17.9 Å². The van der Waals surface area contributed by atoms with Gasteiger partial charge in [-0.2, -0.15) is 5.26 Å². The van der Waals surface area contributed by atoms with E-state index in [1.165, 1.54) is 25.3 Å². The zero-order chi connectivity index (χ0) is 14.3. The Hall–Kier alpha value is -2.75. The second kappa shape index (κ2) is 6.86. The van der Waals surface area contributed by atoms with E-state index < -0.39 is 18.5 Å². The molecule has 1 aromatic rings. The van der Waals surface area contributed by atoms with Crippen LogP contribution in [0.3, 0.4) is 0 Å². The lowest BCUT2D eigenvalue weighted by Crippen LogP contribution is -2.29. The number of carbonyl (C=O) groups excluding carboxylic acids is 2. The van der Waals surface area contributed by atoms with Crippen LogP contribution in [0.2, 0.25) is 0 Å². The minimum Gasteiger partial charge on any atom is -0.496 e. The molecule has 7 heteroatoms. The van der Waals surface area contributed by atoms with Crippen LogP contribution in [-0.4, -0.2) is 32.1 Å². The van der Waals surface area contributed by atoms with Crippen LogP contribution in [0.1, 0.15) is 10.4 Å². The molecule has 0 saturated carbocycles. The number of ether oxygens (including phenoxy) is 2. The topological polar surface area (TPSA) is 114 Å². The molecule has 0 aliphatic rings. The Bertz CT molecular complexity index is 522. The first-order valence-electron chi connectivity index (χ1n) is 5.32. The van der Waals surface area contributed by atoms with Crippen LogP contribution < -0.4 is 15.8 Å². The smallest absolute Gasteiger partial charge is 0.342 e. The van der Waals surface area contributed by atoms with Crippen molar-refractivity contribution in [2.75, 3.05) is 26.0 Å². The van der Waals surface area contributed by atoms with Gasteiger partial charge in [0.25, 0.3) is 5.91 Å². The number of nitriles is 1. The number of benzene rings is 1. The SMILES string of the molecule is COc1cc(N)ccc1C(=O)OCC(=O)NCC#N. The molecule has 7 nitrogen and oxygen atoms in total. The van der Waals surface area contributed by atoms with Gasteiger partial charge in [-0.1, -0.05) is 0 Å². The number of rotatable bonds is 5. The Balaban J connectivity index is 2.64. The van der Waals surface area contributed by atoms with Crippen molar-refractivity contribution in [3.63, 3.8) is 0 Å². The van der Waals surface area contributed by atoms with Gasteiger partial charge < -0.3 is 20.5 Å². The van der Waals surface area contributed by atoms with Crippen LogP contribution in [0.25, 0.3) is 0 Å². The first-order chi connectivity index (χ1) is 9.08. The first kappa shape index (κ1) is 14.3. The molecule has 19 heavy (non-hydrogen) atoms. The number of esters is 1. The highest BCUT2D eigenvalue weighted by Gasteiger charge is 2.15. The van der Waals surface area contributed by atoms with E-state index in [9.17, 15) is 9.59 Å². The summed E-state index contributed by atoms with van der Waals surface area (Å²) in [7, 11) is 1.39. The van der Waals surface area contributed by atoms with Crippen LogP contribution in [-0.2, 0) is 9.53 Å². The standard InChI is InChI=1S/C12H13N3O4/c1-18-10-6-8(14)2-3-9(10)12(17)19-7-11(16)15-5-4-13/h2-3,6H,5,7,14H2,1H3,(H,15,16). The highest BCUT2D eigenvalue weighted by atomic mass is 16.5. The number of amides is 1. The molecule has 1 rings (SSSR count). The highest BCUT2D eigenvalue weighted by Crippen LogP contribution is 2.22. The van der Waals surface area contributed by atoms with Crippen LogP contribution in [0.4, 0.5) is 5.69 Å². The van der Waals surface area contributed by atoms with Crippen LogP contribution in [0.5, 0.6) is 5.75 Å². The zero-order valence-electron chi connectivity index (χ0n) is 10.3. The second-order valence-corrected chi connectivity index (χ2v) is 3.47. The molecule has 0 spiro atoms. The molecular formula is C12H13N3O4. The van der Waals surface area contributed by atoms with Crippen molar-refractivity contribution < 1.29 is 19.1 Å². The third kappa shape index (κ3) is 4.20. The molecule has 0 aliphatic heterocycles. The molecule has 0 heterocycles. The summed E-state index contributed by atoms with van der Waals surface area (Å²) in [6.07, 6.45) is 0. The van der Waals surface area contributed by atoms with E-state index in [4.69, 9.17) is 20.5 Å². The van der Waals surface area contributed by atoms with Gasteiger partial charge >= 0.3 is 5.97 Å². The molecule has 3 N–H and O–H groups in total. The van der Waals surface area contributed by atoms with Gasteiger partial charge in [-0.15, -0.1) is 0 Å². The van der Waals surface area contributed by atoms with E-state index in [-0.39, 0.29) is 17.9 Å². The summed E-state index contributed by atoms with van der Waals surface area (Å²) >= 11 is 0. The summed E-state index contributed by atoms with van der Waals surface area (Å²) in [4.78, 5) is 22.9. The maximum absolute atomic E-state index is 11.7. The summed E-state index contributed by atoms with van der Waals surface area (Å²) in [5, 5.41) is 10.5. The molecule has 0 radical (unpaired) electrons. The predicted molar refractivity (Wildman–Crippen MR) is 66.3 cm³/mol. The van der Waals surface area contributed by atoms with E-state index >= 15 is 0 Å².